The first-order valence-corrected chi connectivity index (χ1v) is 13.3. The van der Waals surface area contributed by atoms with Crippen molar-refractivity contribution in [1.82, 2.24) is 9.80 Å². The largest absolute Gasteiger partial charge is 0.497 e. The number of methoxy groups -OCH3 is 2. The third-order valence-electron chi connectivity index (χ3n) is 8.21. The molecule has 2 fully saturated rings. The molecule has 2 aromatic carbocycles. The molecule has 1 aliphatic carbocycles. The van der Waals surface area contributed by atoms with Crippen molar-refractivity contribution >= 4 is 5.91 Å². The first-order valence-electron chi connectivity index (χ1n) is 13.3. The molecule has 2 aromatic rings. The second-order valence-corrected chi connectivity index (χ2v) is 10.9. The van der Waals surface area contributed by atoms with Crippen LogP contribution in [0.2, 0.25) is 0 Å². The molecule has 0 radical (unpaired) electrons. The summed E-state index contributed by atoms with van der Waals surface area (Å²) in [6.45, 7) is 11.9. The van der Waals surface area contributed by atoms with Crippen LogP contribution in [0.3, 0.4) is 0 Å². The van der Waals surface area contributed by atoms with Crippen LogP contribution in [-0.4, -0.2) is 68.3 Å². The maximum atomic E-state index is 13.9. The average Bonchev–Trinajstić information content (AvgIpc) is 2.91. The molecule has 36 heavy (non-hydrogen) atoms. The molecule has 1 heterocycles. The number of hydrogen-bond acceptors (Lipinski definition) is 4. The molecule has 0 bridgehead atoms. The Hall–Kier alpha value is -2.63. The second kappa shape index (κ2) is 11.6. The summed E-state index contributed by atoms with van der Waals surface area (Å²) < 4.78 is 11.9. The topological polar surface area (TPSA) is 42.0 Å². The minimum Gasteiger partial charge on any atom is -0.497 e. The van der Waals surface area contributed by atoms with Crippen molar-refractivity contribution < 1.29 is 14.3 Å². The van der Waals surface area contributed by atoms with E-state index in [1.807, 2.05) is 49.6 Å². The highest BCUT2D eigenvalue weighted by atomic mass is 16.5. The van der Waals surface area contributed by atoms with E-state index in [0.29, 0.717) is 11.8 Å². The van der Waals surface area contributed by atoms with Crippen LogP contribution in [-0.2, 0) is 10.2 Å². The fourth-order valence-electron chi connectivity index (χ4n) is 6.54. The second-order valence-electron chi connectivity index (χ2n) is 10.9. The lowest BCUT2D eigenvalue weighted by Crippen LogP contribution is -2.62. The Morgan fingerprint density at radius 1 is 1.19 bits per heavy atom. The van der Waals surface area contributed by atoms with Gasteiger partial charge in [0.15, 0.2) is 0 Å². The number of likely N-dealkylation sites (tertiary alicyclic amines) is 1. The maximum Gasteiger partial charge on any atom is 0.254 e. The number of nitrogens with zero attached hydrogens (tertiary/aromatic N) is 2. The number of fused-ring (bicyclic) bond motifs is 1. The Balaban J connectivity index is 1.76. The molecule has 4 unspecified atom stereocenters. The molecule has 5 heteroatoms. The van der Waals surface area contributed by atoms with Crippen molar-refractivity contribution in [1.29, 1.82) is 0 Å². The molecule has 1 aliphatic heterocycles. The third-order valence-corrected chi connectivity index (χ3v) is 8.21. The Morgan fingerprint density at radius 2 is 1.97 bits per heavy atom. The van der Waals surface area contributed by atoms with Gasteiger partial charge in [0.2, 0.25) is 0 Å². The molecule has 4 rings (SSSR count). The molecule has 4 atom stereocenters. The van der Waals surface area contributed by atoms with Crippen LogP contribution < -0.4 is 4.74 Å². The van der Waals surface area contributed by atoms with Crippen LogP contribution in [0, 0.1) is 11.8 Å². The molecule has 194 valence electrons. The van der Waals surface area contributed by atoms with E-state index in [9.17, 15) is 4.79 Å². The number of hydrogen-bond donors (Lipinski definition) is 0. The SMILES string of the molecule is C=CCN1CCC2(c3cccc(OC)c3)CC(N(CC(C)C)C(=O)c3ccccc3)CC(OC)C2C1. The molecule has 1 saturated carbocycles. The first-order chi connectivity index (χ1) is 17.4. The molecular formula is C31H42N2O3. The Labute approximate surface area is 217 Å². The summed E-state index contributed by atoms with van der Waals surface area (Å²) in [5.41, 5.74) is 1.96. The van der Waals surface area contributed by atoms with Gasteiger partial charge in [-0.05, 0) is 61.6 Å². The zero-order valence-corrected chi connectivity index (χ0v) is 22.4. The van der Waals surface area contributed by atoms with E-state index in [1.54, 1.807) is 7.11 Å². The van der Waals surface area contributed by atoms with Crippen molar-refractivity contribution in [3.05, 3.63) is 78.4 Å². The molecule has 0 spiro atoms. The number of piperidine rings is 1. The van der Waals surface area contributed by atoms with Crippen LogP contribution in [0.15, 0.2) is 67.3 Å². The number of carbonyl (C=O) groups is 1. The molecule has 1 saturated heterocycles. The van der Waals surface area contributed by atoms with Gasteiger partial charge in [0.05, 0.1) is 13.2 Å². The van der Waals surface area contributed by atoms with Gasteiger partial charge in [-0.1, -0.05) is 50.3 Å². The summed E-state index contributed by atoms with van der Waals surface area (Å²) >= 11 is 0. The van der Waals surface area contributed by atoms with Crippen molar-refractivity contribution in [3.8, 4) is 5.75 Å². The van der Waals surface area contributed by atoms with Crippen molar-refractivity contribution in [2.24, 2.45) is 11.8 Å². The zero-order chi connectivity index (χ0) is 25.7. The van der Waals surface area contributed by atoms with Crippen LogP contribution in [0.5, 0.6) is 5.75 Å². The van der Waals surface area contributed by atoms with Gasteiger partial charge in [-0.2, -0.15) is 0 Å². The summed E-state index contributed by atoms with van der Waals surface area (Å²) in [5, 5.41) is 0. The molecule has 0 N–H and O–H groups in total. The number of rotatable bonds is 9. The van der Waals surface area contributed by atoms with Crippen LogP contribution in [0.1, 0.15) is 49.0 Å². The van der Waals surface area contributed by atoms with Gasteiger partial charge in [-0.25, -0.2) is 0 Å². The van der Waals surface area contributed by atoms with Gasteiger partial charge >= 0.3 is 0 Å². The molecular weight excluding hydrogens is 448 g/mol. The normalized spacial score (nSPS) is 26.3. The Bertz CT molecular complexity index is 1020. The summed E-state index contributed by atoms with van der Waals surface area (Å²) in [6, 6.07) is 18.4. The van der Waals surface area contributed by atoms with Gasteiger partial charge in [0.1, 0.15) is 5.75 Å². The van der Waals surface area contributed by atoms with Crippen molar-refractivity contribution in [2.75, 3.05) is 40.4 Å². The van der Waals surface area contributed by atoms with E-state index in [1.165, 1.54) is 5.56 Å². The summed E-state index contributed by atoms with van der Waals surface area (Å²) in [7, 11) is 3.56. The predicted molar refractivity (Wildman–Crippen MR) is 146 cm³/mol. The Kier molecular flexibility index (Phi) is 8.53. The lowest BCUT2D eigenvalue weighted by molar-refractivity contribution is -0.0804. The standard InChI is InChI=1S/C31H42N2O3/c1-6-16-32-17-15-31(25-13-10-14-27(18-25)35-4)20-26(19-29(36-5)28(31)22-32)33(21-23(2)3)30(34)24-11-8-7-9-12-24/h6-14,18,23,26,28-29H,1,15-17,19-22H2,2-5H3. The molecule has 5 nitrogen and oxygen atoms in total. The highest BCUT2D eigenvalue weighted by Crippen LogP contribution is 2.51. The fourth-order valence-corrected chi connectivity index (χ4v) is 6.54. The summed E-state index contributed by atoms with van der Waals surface area (Å²) in [6.07, 6.45) is 4.84. The van der Waals surface area contributed by atoms with E-state index in [0.717, 1.165) is 56.8 Å². The monoisotopic (exact) mass is 490 g/mol. The van der Waals surface area contributed by atoms with E-state index >= 15 is 0 Å². The van der Waals surface area contributed by atoms with Gasteiger partial charge in [0, 0.05) is 49.7 Å². The quantitative estimate of drug-likeness (QED) is 0.441. The maximum absolute atomic E-state index is 13.9. The number of benzene rings is 2. The number of ether oxygens (including phenoxy) is 2. The van der Waals surface area contributed by atoms with Crippen molar-refractivity contribution in [3.63, 3.8) is 0 Å². The predicted octanol–water partition coefficient (Wildman–Crippen LogP) is 5.42. The average molecular weight is 491 g/mol. The third kappa shape index (κ3) is 5.37. The number of carbonyl (C=O) groups excluding carboxylic acids is 1. The van der Waals surface area contributed by atoms with E-state index in [2.05, 4.69) is 48.4 Å². The summed E-state index contributed by atoms with van der Waals surface area (Å²) in [5.74, 6) is 1.70. The van der Waals surface area contributed by atoms with Gasteiger partial charge in [-0.15, -0.1) is 6.58 Å². The highest BCUT2D eigenvalue weighted by Gasteiger charge is 2.53. The highest BCUT2D eigenvalue weighted by molar-refractivity contribution is 5.94. The van der Waals surface area contributed by atoms with Gasteiger partial charge in [0.25, 0.3) is 5.91 Å². The smallest absolute Gasteiger partial charge is 0.254 e. The molecule has 1 amide bonds. The minimum absolute atomic E-state index is 0.0563. The lowest BCUT2D eigenvalue weighted by Gasteiger charge is -2.57. The zero-order valence-electron chi connectivity index (χ0n) is 22.4. The van der Waals surface area contributed by atoms with Gasteiger partial charge in [-0.3, -0.25) is 9.69 Å². The first kappa shape index (κ1) is 26.4. The fraction of sp³-hybridized carbons (Fsp3) is 0.516. The van der Waals surface area contributed by atoms with Crippen molar-refractivity contribution in [2.45, 2.75) is 50.7 Å². The lowest BCUT2D eigenvalue weighted by atomic mass is 9.56. The van der Waals surface area contributed by atoms with E-state index < -0.39 is 0 Å². The summed E-state index contributed by atoms with van der Waals surface area (Å²) in [4.78, 5) is 18.5. The van der Waals surface area contributed by atoms with E-state index in [4.69, 9.17) is 9.47 Å². The van der Waals surface area contributed by atoms with Crippen LogP contribution >= 0.6 is 0 Å². The van der Waals surface area contributed by atoms with Gasteiger partial charge < -0.3 is 14.4 Å². The molecule has 0 aromatic heterocycles. The minimum atomic E-state index is -0.0952. The van der Waals surface area contributed by atoms with Crippen LogP contribution in [0.25, 0.3) is 0 Å². The molecule has 2 aliphatic rings. The number of amides is 1. The Morgan fingerprint density at radius 3 is 2.64 bits per heavy atom. The van der Waals surface area contributed by atoms with E-state index in [-0.39, 0.29) is 23.5 Å². The van der Waals surface area contributed by atoms with Crippen LogP contribution in [0.4, 0.5) is 0 Å².